The topological polar surface area (TPSA) is 73.2 Å². The highest BCUT2D eigenvalue weighted by atomic mass is 35.5. The van der Waals surface area contributed by atoms with Gasteiger partial charge in [-0.25, -0.2) is 4.98 Å². The van der Waals surface area contributed by atoms with E-state index in [1.54, 1.807) is 36.5 Å². The second-order valence-electron chi connectivity index (χ2n) is 7.48. The van der Waals surface area contributed by atoms with Gasteiger partial charge >= 0.3 is 0 Å². The van der Waals surface area contributed by atoms with Crippen molar-refractivity contribution >= 4 is 44.7 Å². The number of amides is 1. The third-order valence-corrected chi connectivity index (χ3v) is 6.73. The predicted octanol–water partition coefficient (Wildman–Crippen LogP) is 4.19. The fourth-order valence-corrected chi connectivity index (χ4v) is 5.41. The van der Waals surface area contributed by atoms with Crippen molar-refractivity contribution in [3.05, 3.63) is 49.8 Å². The van der Waals surface area contributed by atoms with E-state index in [0.717, 1.165) is 29.7 Å². The first-order valence-corrected chi connectivity index (χ1v) is 10.7. The average Bonchev–Trinajstić information content (AvgIpc) is 3.02. The molecule has 2 aromatic heterocycles. The summed E-state index contributed by atoms with van der Waals surface area (Å²) in [4.78, 5) is 32.6. The molecule has 152 valence electrons. The zero-order valence-electron chi connectivity index (χ0n) is 16.5. The van der Waals surface area contributed by atoms with E-state index >= 15 is 0 Å². The number of benzene rings is 1. The highest BCUT2D eigenvalue weighted by molar-refractivity contribution is 7.18. The van der Waals surface area contributed by atoms with E-state index in [-0.39, 0.29) is 18.0 Å². The number of rotatable bonds is 4. The number of fused-ring (bicyclic) bond motifs is 3. The van der Waals surface area contributed by atoms with E-state index in [4.69, 9.17) is 16.3 Å². The number of thiophene rings is 1. The van der Waals surface area contributed by atoms with E-state index in [0.29, 0.717) is 33.6 Å². The maximum absolute atomic E-state index is 13.2. The van der Waals surface area contributed by atoms with Crippen LogP contribution in [0.15, 0.2) is 23.0 Å². The van der Waals surface area contributed by atoms with Gasteiger partial charge in [-0.3, -0.25) is 14.2 Å². The van der Waals surface area contributed by atoms with Crippen LogP contribution in [0.25, 0.3) is 10.2 Å². The van der Waals surface area contributed by atoms with Crippen LogP contribution in [0.3, 0.4) is 0 Å². The first-order valence-electron chi connectivity index (χ1n) is 9.52. The summed E-state index contributed by atoms with van der Waals surface area (Å²) in [5.74, 6) is 1.32. The third-order valence-electron chi connectivity index (χ3n) is 5.34. The van der Waals surface area contributed by atoms with Gasteiger partial charge < -0.3 is 10.1 Å². The minimum atomic E-state index is -0.338. The summed E-state index contributed by atoms with van der Waals surface area (Å²) in [6, 6.07) is 4.98. The molecule has 1 amide bonds. The van der Waals surface area contributed by atoms with Gasteiger partial charge in [0.15, 0.2) is 0 Å². The lowest BCUT2D eigenvalue weighted by molar-refractivity contribution is -0.116. The van der Waals surface area contributed by atoms with Crippen molar-refractivity contribution in [2.45, 2.75) is 39.7 Å². The molecule has 6 nitrogen and oxygen atoms in total. The summed E-state index contributed by atoms with van der Waals surface area (Å²) in [6.07, 6.45) is 2.95. The van der Waals surface area contributed by atoms with Crippen molar-refractivity contribution in [2.24, 2.45) is 5.92 Å². The number of methoxy groups -OCH3 is 1. The number of halogens is 1. The van der Waals surface area contributed by atoms with Crippen LogP contribution in [0.4, 0.5) is 5.69 Å². The van der Waals surface area contributed by atoms with Gasteiger partial charge in [-0.1, -0.05) is 18.5 Å². The van der Waals surface area contributed by atoms with E-state index < -0.39 is 0 Å². The standard InChI is InChI=1S/C21H22ClN3O3S/c1-11-4-6-14-17(8-11)29-20-19(14)21(27)25(12(2)23-20)10-18(26)24-15-9-13(22)5-7-16(15)28-3/h5,7,9,11H,4,6,8,10H2,1-3H3,(H,24,26). The van der Waals surface area contributed by atoms with Gasteiger partial charge in [-0.2, -0.15) is 0 Å². The minimum absolute atomic E-state index is 0.121. The molecule has 0 radical (unpaired) electrons. The van der Waals surface area contributed by atoms with Crippen molar-refractivity contribution in [1.82, 2.24) is 9.55 Å². The number of ether oxygens (including phenoxy) is 1. The van der Waals surface area contributed by atoms with Crippen molar-refractivity contribution in [3.8, 4) is 5.75 Å². The van der Waals surface area contributed by atoms with Gasteiger partial charge in [-0.15, -0.1) is 11.3 Å². The van der Waals surface area contributed by atoms with Gasteiger partial charge in [0.1, 0.15) is 22.9 Å². The van der Waals surface area contributed by atoms with Crippen LogP contribution in [0.2, 0.25) is 5.02 Å². The Bertz CT molecular complexity index is 1170. The average molecular weight is 432 g/mol. The quantitative estimate of drug-likeness (QED) is 0.672. The maximum Gasteiger partial charge on any atom is 0.263 e. The molecular weight excluding hydrogens is 410 g/mol. The highest BCUT2D eigenvalue weighted by Crippen LogP contribution is 2.35. The maximum atomic E-state index is 13.2. The lowest BCUT2D eigenvalue weighted by atomic mass is 9.89. The Hall–Kier alpha value is -2.38. The Kier molecular flexibility index (Phi) is 5.36. The number of hydrogen-bond donors (Lipinski definition) is 1. The van der Waals surface area contributed by atoms with Gasteiger partial charge in [-0.05, 0) is 55.9 Å². The molecule has 3 aromatic rings. The molecule has 4 rings (SSSR count). The van der Waals surface area contributed by atoms with Gasteiger partial charge in [0.25, 0.3) is 5.56 Å². The van der Waals surface area contributed by atoms with Gasteiger partial charge in [0.2, 0.25) is 5.91 Å². The van der Waals surface area contributed by atoms with Crippen molar-refractivity contribution in [2.75, 3.05) is 12.4 Å². The lowest BCUT2D eigenvalue weighted by Crippen LogP contribution is -2.30. The molecular formula is C21H22ClN3O3S. The molecule has 1 unspecified atom stereocenters. The minimum Gasteiger partial charge on any atom is -0.495 e. The second kappa shape index (κ2) is 7.80. The Morgan fingerprint density at radius 1 is 1.45 bits per heavy atom. The van der Waals surface area contributed by atoms with E-state index in [1.165, 1.54) is 16.6 Å². The predicted molar refractivity (Wildman–Crippen MR) is 116 cm³/mol. The molecule has 0 saturated heterocycles. The van der Waals surface area contributed by atoms with Crippen LogP contribution in [0.1, 0.15) is 29.6 Å². The second-order valence-corrected chi connectivity index (χ2v) is 9.00. The molecule has 1 aliphatic carbocycles. The molecule has 0 aliphatic heterocycles. The summed E-state index contributed by atoms with van der Waals surface area (Å²) in [7, 11) is 1.52. The third kappa shape index (κ3) is 3.76. The van der Waals surface area contributed by atoms with Crippen LogP contribution in [0.5, 0.6) is 5.75 Å². The number of aryl methyl sites for hydroxylation is 2. The molecule has 0 fully saturated rings. The highest BCUT2D eigenvalue weighted by Gasteiger charge is 2.24. The molecule has 1 aliphatic rings. The van der Waals surface area contributed by atoms with E-state index in [1.807, 2.05) is 0 Å². The molecule has 29 heavy (non-hydrogen) atoms. The van der Waals surface area contributed by atoms with E-state index in [9.17, 15) is 9.59 Å². The molecule has 1 atom stereocenters. The number of nitrogens with zero attached hydrogens (tertiary/aromatic N) is 2. The van der Waals surface area contributed by atoms with Gasteiger partial charge in [0, 0.05) is 9.90 Å². The van der Waals surface area contributed by atoms with Crippen LogP contribution >= 0.6 is 22.9 Å². The lowest BCUT2D eigenvalue weighted by Gasteiger charge is -2.17. The smallest absolute Gasteiger partial charge is 0.263 e. The zero-order chi connectivity index (χ0) is 20.7. The fraction of sp³-hybridized carbons (Fsp3) is 0.381. The molecule has 1 N–H and O–H groups in total. The van der Waals surface area contributed by atoms with Crippen molar-refractivity contribution in [1.29, 1.82) is 0 Å². The SMILES string of the molecule is COc1ccc(Cl)cc1NC(=O)Cn1c(C)nc2sc3c(c2c1=O)CCC(C)C3. The Morgan fingerprint density at radius 3 is 3.00 bits per heavy atom. The normalized spacial score (nSPS) is 15.9. The Labute approximate surface area is 177 Å². The van der Waals surface area contributed by atoms with Gasteiger partial charge in [0.05, 0.1) is 18.2 Å². The Balaban J connectivity index is 1.67. The number of carbonyl (C=O) groups excluding carboxylic acids is 1. The van der Waals surface area contributed by atoms with E-state index in [2.05, 4.69) is 17.2 Å². The van der Waals surface area contributed by atoms with Crippen molar-refractivity contribution < 1.29 is 9.53 Å². The van der Waals surface area contributed by atoms with Crippen LogP contribution in [-0.4, -0.2) is 22.6 Å². The number of nitrogens with one attached hydrogen (secondary N) is 1. The number of anilines is 1. The van der Waals surface area contributed by atoms with Crippen LogP contribution in [0, 0.1) is 12.8 Å². The fourth-order valence-electron chi connectivity index (χ4n) is 3.82. The van der Waals surface area contributed by atoms with Crippen molar-refractivity contribution in [3.63, 3.8) is 0 Å². The first kappa shape index (κ1) is 19.9. The first-order chi connectivity index (χ1) is 13.9. The largest absolute Gasteiger partial charge is 0.495 e. The summed E-state index contributed by atoms with van der Waals surface area (Å²) < 4.78 is 6.71. The molecule has 1 aromatic carbocycles. The molecule has 2 heterocycles. The molecule has 0 saturated carbocycles. The Morgan fingerprint density at radius 2 is 2.24 bits per heavy atom. The summed E-state index contributed by atoms with van der Waals surface area (Å²) in [5.41, 5.74) is 1.44. The number of hydrogen-bond acceptors (Lipinski definition) is 5. The summed E-state index contributed by atoms with van der Waals surface area (Å²) >= 11 is 7.64. The zero-order valence-corrected chi connectivity index (χ0v) is 18.1. The molecule has 0 bridgehead atoms. The summed E-state index contributed by atoms with van der Waals surface area (Å²) in [6.45, 7) is 3.87. The van der Waals surface area contributed by atoms with Crippen LogP contribution in [-0.2, 0) is 24.2 Å². The molecule has 8 heteroatoms. The summed E-state index contributed by atoms with van der Waals surface area (Å²) in [5, 5.41) is 3.94. The molecule has 0 spiro atoms. The monoisotopic (exact) mass is 431 g/mol. The van der Waals surface area contributed by atoms with Crippen LogP contribution < -0.4 is 15.6 Å². The number of carbonyl (C=O) groups is 1. The number of aromatic nitrogens is 2.